The van der Waals surface area contributed by atoms with Crippen molar-refractivity contribution in [3.05, 3.63) is 0 Å². The van der Waals surface area contributed by atoms with E-state index in [0.29, 0.717) is 32.1 Å². The average Bonchev–Trinajstić information content (AvgIpc) is 2.43. The molecule has 10 heteroatoms. The number of rotatable bonds is 12. The third kappa shape index (κ3) is 19.0. The van der Waals surface area contributed by atoms with E-state index in [2.05, 4.69) is 0 Å². The predicted molar refractivity (Wildman–Crippen MR) is 90.8 cm³/mol. The Kier molecular flexibility index (Phi) is 20.1. The molecule has 0 spiro atoms. The molecule has 0 radical (unpaired) electrons. The van der Waals surface area contributed by atoms with Crippen LogP contribution in [-0.4, -0.2) is 49.2 Å². The molecule has 21 heavy (non-hydrogen) atoms. The molecular weight excluding hydrogens is 381 g/mol. The van der Waals surface area contributed by atoms with Crippen LogP contribution in [0.4, 0.5) is 8.78 Å². The molecule has 0 aromatic rings. The summed E-state index contributed by atoms with van der Waals surface area (Å²) >= 11 is 16.5. The van der Waals surface area contributed by atoms with Crippen molar-refractivity contribution in [1.29, 1.82) is 0 Å². The number of alkyl halides is 4. The Balaban J connectivity index is 0. The highest BCUT2D eigenvalue weighted by molar-refractivity contribution is 7.12. The summed E-state index contributed by atoms with van der Waals surface area (Å²) in [5.41, 5.74) is 0. The average molecular weight is 406 g/mol. The van der Waals surface area contributed by atoms with Crippen molar-refractivity contribution in [2.75, 3.05) is 26.6 Å². The van der Waals surface area contributed by atoms with Gasteiger partial charge in [-0.2, -0.15) is 0 Å². The molecule has 0 aromatic carbocycles. The van der Waals surface area contributed by atoms with Gasteiger partial charge in [-0.05, 0) is 32.7 Å². The van der Waals surface area contributed by atoms with Crippen LogP contribution in [0.2, 0.25) is 12.1 Å². The second kappa shape index (κ2) is 17.4. The first-order valence-corrected chi connectivity index (χ1v) is 12.4. The van der Waals surface area contributed by atoms with Crippen molar-refractivity contribution >= 4 is 51.9 Å². The van der Waals surface area contributed by atoms with Crippen molar-refractivity contribution in [2.24, 2.45) is 0 Å². The molecule has 0 N–H and O–H groups in total. The minimum absolute atomic E-state index is 0.272. The van der Waals surface area contributed by atoms with Crippen LogP contribution in [0.5, 0.6) is 0 Å². The van der Waals surface area contributed by atoms with Gasteiger partial charge in [-0.25, -0.2) is 0 Å². The molecule has 0 saturated carbocycles. The van der Waals surface area contributed by atoms with Crippen molar-refractivity contribution in [3.63, 3.8) is 0 Å². The fourth-order valence-corrected chi connectivity index (χ4v) is 5.38. The number of hydrogen-bond donors (Lipinski definition) is 0. The van der Waals surface area contributed by atoms with Crippen LogP contribution in [0.3, 0.4) is 0 Å². The molecule has 3 nitrogen and oxygen atoms in total. The molecule has 0 unspecified atom stereocenters. The van der Waals surface area contributed by atoms with Crippen LogP contribution < -0.4 is 0 Å². The van der Waals surface area contributed by atoms with Gasteiger partial charge in [-0.3, -0.25) is 8.78 Å². The van der Waals surface area contributed by atoms with Crippen LogP contribution >= 0.6 is 34.3 Å². The van der Waals surface area contributed by atoms with Crippen LogP contribution in [-0.2, 0) is 13.3 Å². The zero-order valence-corrected chi connectivity index (χ0v) is 17.2. The Morgan fingerprint density at radius 1 is 1.05 bits per heavy atom. The Morgan fingerprint density at radius 2 is 1.57 bits per heavy atom. The standard InChI is InChI=1S/C7H16ClFO2Si.C4H9Cl2FOSi/c1-3-10-12(8,11-4-2)7-5-6-9;5-4(6)8-9-3-1-2-7/h3-7H2,1-2H3;4H,1-3,9H2. The zero-order valence-electron chi connectivity index (χ0n) is 12.6. The van der Waals surface area contributed by atoms with E-state index in [4.69, 9.17) is 47.6 Å². The van der Waals surface area contributed by atoms with E-state index < -0.39 is 22.7 Å². The van der Waals surface area contributed by atoms with E-state index >= 15 is 0 Å². The van der Waals surface area contributed by atoms with Crippen molar-refractivity contribution in [1.82, 2.24) is 0 Å². The lowest BCUT2D eigenvalue weighted by atomic mass is 10.6. The van der Waals surface area contributed by atoms with Gasteiger partial charge < -0.3 is 13.3 Å². The molecule has 130 valence electrons. The highest BCUT2D eigenvalue weighted by atomic mass is 35.6. The summed E-state index contributed by atoms with van der Waals surface area (Å²) in [4.78, 5) is 0. The largest absolute Gasteiger partial charge is 0.443 e. The summed E-state index contributed by atoms with van der Waals surface area (Å²) < 4.78 is 38.7. The Morgan fingerprint density at radius 3 is 1.95 bits per heavy atom. The lowest BCUT2D eigenvalue weighted by Crippen LogP contribution is -2.36. The van der Waals surface area contributed by atoms with E-state index in [9.17, 15) is 8.78 Å². The fraction of sp³-hybridized carbons (Fsp3) is 1.00. The van der Waals surface area contributed by atoms with Crippen LogP contribution in [0, 0.1) is 0 Å². The first kappa shape index (κ1) is 24.3. The first-order chi connectivity index (χ1) is 9.95. The summed E-state index contributed by atoms with van der Waals surface area (Å²) in [6.45, 7) is 4.15. The molecule has 0 heterocycles. The molecule has 0 aliphatic rings. The molecular formula is C11H25Cl3F2O3Si2. The third-order valence-electron chi connectivity index (χ3n) is 2.10. The lowest BCUT2D eigenvalue weighted by Gasteiger charge is -2.22. The Hall–Kier alpha value is 1.04. The second-order valence-corrected chi connectivity index (χ2v) is 10.4. The minimum atomic E-state index is -2.54. The second-order valence-electron chi connectivity index (χ2n) is 3.85. The quantitative estimate of drug-likeness (QED) is 0.210. The maximum absolute atomic E-state index is 11.9. The monoisotopic (exact) mass is 404 g/mol. The van der Waals surface area contributed by atoms with Gasteiger partial charge >= 0.3 is 7.87 Å². The Labute approximate surface area is 144 Å². The van der Waals surface area contributed by atoms with Crippen LogP contribution in [0.1, 0.15) is 26.7 Å². The van der Waals surface area contributed by atoms with Gasteiger partial charge in [0.05, 0.1) is 13.3 Å². The molecule has 0 amide bonds. The smallest absolute Gasteiger partial charge is 0.397 e. The SMILES string of the molecule is CCO[Si](Cl)(CCCF)OCC.FCCC[SiH2]OC(Cl)Cl. The summed E-state index contributed by atoms with van der Waals surface area (Å²) in [5.74, 6) is 0. The summed E-state index contributed by atoms with van der Waals surface area (Å²) in [5, 5.41) is -0.712. The van der Waals surface area contributed by atoms with Gasteiger partial charge in [-0.15, -0.1) is 0 Å². The maximum atomic E-state index is 11.9. The third-order valence-corrected chi connectivity index (χ3v) is 7.74. The van der Waals surface area contributed by atoms with E-state index in [1.165, 1.54) is 0 Å². The van der Waals surface area contributed by atoms with Gasteiger partial charge in [0.25, 0.3) is 0 Å². The van der Waals surface area contributed by atoms with E-state index in [0.717, 1.165) is 6.04 Å². The topological polar surface area (TPSA) is 27.7 Å². The summed E-state index contributed by atoms with van der Waals surface area (Å²) in [6, 6.07) is 1.33. The maximum Gasteiger partial charge on any atom is 0.443 e. The number of hydrogen-bond acceptors (Lipinski definition) is 3. The molecule has 0 aromatic heterocycles. The molecule has 0 aliphatic heterocycles. The number of halogens is 5. The van der Waals surface area contributed by atoms with Gasteiger partial charge in [0.2, 0.25) is 0 Å². The zero-order chi connectivity index (χ0) is 16.6. The molecule has 0 fully saturated rings. The van der Waals surface area contributed by atoms with Crippen molar-refractivity contribution in [2.45, 2.75) is 43.8 Å². The molecule has 0 rings (SSSR count). The molecule has 0 bridgehead atoms. The van der Waals surface area contributed by atoms with Gasteiger partial charge in [-0.1, -0.05) is 34.3 Å². The highest BCUT2D eigenvalue weighted by Crippen LogP contribution is 2.20. The predicted octanol–water partition coefficient (Wildman–Crippen LogP) is 4.22. The summed E-state index contributed by atoms with van der Waals surface area (Å²) in [6.07, 6.45) is 1.00. The van der Waals surface area contributed by atoms with E-state index in [1.54, 1.807) is 0 Å². The summed E-state index contributed by atoms with van der Waals surface area (Å²) in [7, 11) is -3.19. The molecule has 0 atom stereocenters. The lowest BCUT2D eigenvalue weighted by molar-refractivity contribution is 0.201. The fourth-order valence-electron chi connectivity index (χ4n) is 1.26. The van der Waals surface area contributed by atoms with E-state index in [-0.39, 0.29) is 13.3 Å². The van der Waals surface area contributed by atoms with Crippen molar-refractivity contribution < 1.29 is 22.1 Å². The van der Waals surface area contributed by atoms with Crippen molar-refractivity contribution in [3.8, 4) is 0 Å². The van der Waals surface area contributed by atoms with Gasteiger partial charge in [0.1, 0.15) is 0 Å². The van der Waals surface area contributed by atoms with Gasteiger partial charge in [0.15, 0.2) is 14.8 Å². The minimum Gasteiger partial charge on any atom is -0.397 e. The molecule has 0 aliphatic carbocycles. The van der Waals surface area contributed by atoms with Crippen LogP contribution in [0.25, 0.3) is 0 Å². The first-order valence-electron chi connectivity index (χ1n) is 6.94. The molecule has 0 saturated heterocycles. The highest BCUT2D eigenvalue weighted by Gasteiger charge is 2.34. The Bertz CT molecular complexity index is 215. The van der Waals surface area contributed by atoms with Crippen LogP contribution in [0.15, 0.2) is 0 Å². The normalized spacial score (nSPS) is 12.0. The van der Waals surface area contributed by atoms with Gasteiger partial charge in [0, 0.05) is 19.3 Å². The van der Waals surface area contributed by atoms with E-state index in [1.807, 2.05) is 13.8 Å².